The van der Waals surface area contributed by atoms with Gasteiger partial charge in [-0.3, -0.25) is 0 Å². The summed E-state index contributed by atoms with van der Waals surface area (Å²) in [4.78, 5) is 22.1. The number of terminal acetylenes is 1. The fraction of sp³-hybridized carbons (Fsp3) is 0.231. The van der Waals surface area contributed by atoms with Crippen LogP contribution in [-0.4, -0.2) is 23.2 Å². The Morgan fingerprint density at radius 2 is 2.06 bits per heavy atom. The third kappa shape index (κ3) is 4.58. The average Bonchev–Trinajstić information content (AvgIpc) is 2.37. The summed E-state index contributed by atoms with van der Waals surface area (Å²) >= 11 is 0. The van der Waals surface area contributed by atoms with Gasteiger partial charge in [-0.05, 0) is 5.56 Å². The molecule has 5 heteroatoms. The first kappa shape index (κ1) is 13.6. The van der Waals surface area contributed by atoms with Crippen LogP contribution in [0.4, 0.5) is 4.79 Å². The molecule has 5 nitrogen and oxygen atoms in total. The van der Waals surface area contributed by atoms with Gasteiger partial charge < -0.3 is 15.2 Å². The highest BCUT2D eigenvalue weighted by Crippen LogP contribution is 2.01. The van der Waals surface area contributed by atoms with Gasteiger partial charge in [0.05, 0.1) is 0 Å². The van der Waals surface area contributed by atoms with E-state index in [1.807, 2.05) is 18.2 Å². The van der Waals surface area contributed by atoms with E-state index in [1.165, 1.54) is 0 Å². The first-order chi connectivity index (χ1) is 8.63. The molecule has 1 aromatic rings. The Hall–Kier alpha value is -2.48. The minimum atomic E-state index is -1.19. The van der Waals surface area contributed by atoms with E-state index in [0.717, 1.165) is 5.56 Å². The minimum absolute atomic E-state index is 0.0784. The maximum Gasteiger partial charge on any atom is 0.408 e. The Morgan fingerprint density at radius 1 is 1.39 bits per heavy atom. The Bertz CT molecular complexity index is 450. The highest BCUT2D eigenvalue weighted by Gasteiger charge is 2.19. The molecule has 0 saturated carbocycles. The maximum atomic E-state index is 11.3. The summed E-state index contributed by atoms with van der Waals surface area (Å²) < 4.78 is 4.87. The molecule has 1 atom stereocenters. The number of carbonyl (C=O) groups excluding carboxylic acids is 1. The molecule has 0 heterocycles. The molecule has 0 fully saturated rings. The topological polar surface area (TPSA) is 75.6 Å². The number of nitrogens with one attached hydrogen (secondary N) is 1. The number of carbonyl (C=O) groups is 2. The van der Waals surface area contributed by atoms with Crippen molar-refractivity contribution in [2.45, 2.75) is 19.1 Å². The van der Waals surface area contributed by atoms with Crippen molar-refractivity contribution in [2.24, 2.45) is 0 Å². The van der Waals surface area contributed by atoms with Crippen LogP contribution >= 0.6 is 0 Å². The lowest BCUT2D eigenvalue weighted by Crippen LogP contribution is -2.40. The Morgan fingerprint density at radius 3 is 2.61 bits per heavy atom. The van der Waals surface area contributed by atoms with Crippen molar-refractivity contribution < 1.29 is 19.4 Å². The summed E-state index contributed by atoms with van der Waals surface area (Å²) in [7, 11) is 0. The quantitative estimate of drug-likeness (QED) is 0.771. The largest absolute Gasteiger partial charge is 0.480 e. The van der Waals surface area contributed by atoms with Crippen LogP contribution in [0.2, 0.25) is 0 Å². The lowest BCUT2D eigenvalue weighted by molar-refractivity contribution is -0.139. The van der Waals surface area contributed by atoms with Crippen molar-refractivity contribution in [2.75, 3.05) is 0 Å². The molecule has 0 unspecified atom stereocenters. The molecular weight excluding hydrogens is 234 g/mol. The summed E-state index contributed by atoms with van der Waals surface area (Å²) in [6, 6.07) is 7.94. The summed E-state index contributed by atoms with van der Waals surface area (Å²) in [6.45, 7) is 0.0784. The normalized spacial score (nSPS) is 11.1. The van der Waals surface area contributed by atoms with E-state index in [-0.39, 0.29) is 13.0 Å². The molecule has 0 aromatic heterocycles. The standard InChI is InChI=1S/C13H13NO4/c1-2-6-11(12(15)16)14-13(17)18-9-10-7-4-3-5-8-10/h1,3-5,7-8,11H,6,9H2,(H,14,17)(H,15,16)/t11-/m1/s1. The molecule has 2 N–H and O–H groups in total. The van der Waals surface area contributed by atoms with Crippen molar-refractivity contribution in [3.05, 3.63) is 35.9 Å². The second kappa shape index (κ2) is 6.97. The van der Waals surface area contributed by atoms with Crippen LogP contribution in [0.3, 0.4) is 0 Å². The zero-order valence-electron chi connectivity index (χ0n) is 9.63. The predicted molar refractivity (Wildman–Crippen MR) is 64.6 cm³/mol. The number of alkyl carbamates (subject to hydrolysis) is 1. The fourth-order valence-corrected chi connectivity index (χ4v) is 1.22. The molecule has 0 aliphatic carbocycles. The molecule has 1 aromatic carbocycles. The highest BCUT2D eigenvalue weighted by molar-refractivity contribution is 5.80. The van der Waals surface area contributed by atoms with Crippen molar-refractivity contribution in [1.82, 2.24) is 5.32 Å². The van der Waals surface area contributed by atoms with Crippen LogP contribution in [0.1, 0.15) is 12.0 Å². The van der Waals surface area contributed by atoms with E-state index in [0.29, 0.717) is 0 Å². The first-order valence-corrected chi connectivity index (χ1v) is 5.27. The molecule has 1 amide bonds. The number of carboxylic acids is 1. The van der Waals surface area contributed by atoms with E-state index >= 15 is 0 Å². The van der Waals surface area contributed by atoms with E-state index < -0.39 is 18.1 Å². The summed E-state index contributed by atoms with van der Waals surface area (Å²) in [5, 5.41) is 11.0. The molecule has 94 valence electrons. The van der Waals surface area contributed by atoms with Gasteiger partial charge in [0.1, 0.15) is 12.6 Å². The molecule has 0 bridgehead atoms. The number of carboxylic acid groups (broad SMARTS) is 1. The molecule has 0 aliphatic heterocycles. The Balaban J connectivity index is 2.42. The molecule has 0 aliphatic rings. The average molecular weight is 247 g/mol. The van der Waals surface area contributed by atoms with Gasteiger partial charge in [0.15, 0.2) is 0 Å². The zero-order valence-corrected chi connectivity index (χ0v) is 9.63. The van der Waals surface area contributed by atoms with Crippen molar-refractivity contribution >= 4 is 12.1 Å². The molecule has 18 heavy (non-hydrogen) atoms. The van der Waals surface area contributed by atoms with Gasteiger partial charge in [0.2, 0.25) is 0 Å². The molecule has 0 saturated heterocycles. The Labute approximate surface area is 105 Å². The van der Waals surface area contributed by atoms with Crippen molar-refractivity contribution in [1.29, 1.82) is 0 Å². The molecular formula is C13H13NO4. The minimum Gasteiger partial charge on any atom is -0.480 e. The summed E-state index contributed by atoms with van der Waals surface area (Å²) in [5.41, 5.74) is 0.816. The summed E-state index contributed by atoms with van der Waals surface area (Å²) in [5.74, 6) is 0.987. The predicted octanol–water partition coefficient (Wildman–Crippen LogP) is 1.39. The van der Waals surface area contributed by atoms with E-state index in [1.54, 1.807) is 12.1 Å². The first-order valence-electron chi connectivity index (χ1n) is 5.27. The maximum absolute atomic E-state index is 11.3. The number of benzene rings is 1. The van der Waals surface area contributed by atoms with Crippen molar-refractivity contribution in [3.63, 3.8) is 0 Å². The van der Waals surface area contributed by atoms with Gasteiger partial charge in [0, 0.05) is 6.42 Å². The van der Waals surface area contributed by atoms with E-state index in [2.05, 4.69) is 11.2 Å². The number of ether oxygens (including phenoxy) is 1. The van der Waals surface area contributed by atoms with Gasteiger partial charge in [-0.15, -0.1) is 12.3 Å². The van der Waals surface area contributed by atoms with E-state index in [9.17, 15) is 9.59 Å². The lowest BCUT2D eigenvalue weighted by atomic mass is 10.2. The van der Waals surface area contributed by atoms with Gasteiger partial charge >= 0.3 is 12.1 Å². The smallest absolute Gasteiger partial charge is 0.408 e. The van der Waals surface area contributed by atoms with Crippen LogP contribution in [0.25, 0.3) is 0 Å². The van der Waals surface area contributed by atoms with Crippen LogP contribution in [0.5, 0.6) is 0 Å². The second-order valence-electron chi connectivity index (χ2n) is 3.51. The van der Waals surface area contributed by atoms with Gasteiger partial charge in [-0.2, -0.15) is 0 Å². The van der Waals surface area contributed by atoms with Crippen LogP contribution in [-0.2, 0) is 16.1 Å². The van der Waals surface area contributed by atoms with Crippen molar-refractivity contribution in [3.8, 4) is 12.3 Å². The number of amides is 1. The third-order valence-corrected chi connectivity index (χ3v) is 2.12. The van der Waals surface area contributed by atoms with Crippen LogP contribution < -0.4 is 5.32 Å². The Kier molecular flexibility index (Phi) is 5.26. The second-order valence-corrected chi connectivity index (χ2v) is 3.51. The van der Waals surface area contributed by atoms with Gasteiger partial charge in [-0.1, -0.05) is 30.3 Å². The SMILES string of the molecule is C#CC[C@@H](NC(=O)OCc1ccccc1)C(=O)O. The van der Waals surface area contributed by atoms with Crippen LogP contribution in [0.15, 0.2) is 30.3 Å². The molecule has 0 radical (unpaired) electrons. The van der Waals surface area contributed by atoms with E-state index in [4.69, 9.17) is 16.3 Å². The highest BCUT2D eigenvalue weighted by atomic mass is 16.5. The summed E-state index contributed by atoms with van der Waals surface area (Å²) in [6.07, 6.45) is 4.11. The molecule has 0 spiro atoms. The lowest BCUT2D eigenvalue weighted by Gasteiger charge is -2.12. The van der Waals surface area contributed by atoms with Gasteiger partial charge in [-0.25, -0.2) is 9.59 Å². The monoisotopic (exact) mass is 247 g/mol. The molecule has 1 rings (SSSR count). The number of hydrogen-bond donors (Lipinski definition) is 2. The zero-order chi connectivity index (χ0) is 13.4. The third-order valence-electron chi connectivity index (χ3n) is 2.12. The number of rotatable bonds is 5. The number of hydrogen-bond acceptors (Lipinski definition) is 3. The fourth-order valence-electron chi connectivity index (χ4n) is 1.22. The van der Waals surface area contributed by atoms with Gasteiger partial charge in [0.25, 0.3) is 0 Å². The number of aliphatic carboxylic acids is 1. The van der Waals surface area contributed by atoms with Crippen LogP contribution in [0, 0.1) is 12.3 Å².